The van der Waals surface area contributed by atoms with Crippen LogP contribution in [0.1, 0.15) is 15.9 Å². The second-order valence-corrected chi connectivity index (χ2v) is 4.34. The zero-order chi connectivity index (χ0) is 14.4. The van der Waals surface area contributed by atoms with E-state index in [-0.39, 0.29) is 17.2 Å². The normalized spacial score (nSPS) is 10.1. The molecule has 4 heteroatoms. The van der Waals surface area contributed by atoms with Gasteiger partial charge in [-0.05, 0) is 30.2 Å². The first-order chi connectivity index (χ1) is 9.70. The molecule has 1 amide bonds. The SMILES string of the molecule is COc1ccc(C(=O)NCCc2ccccc2)cc1F. The quantitative estimate of drug-likeness (QED) is 0.909. The summed E-state index contributed by atoms with van der Waals surface area (Å²) in [4.78, 5) is 11.9. The van der Waals surface area contributed by atoms with E-state index in [0.717, 1.165) is 12.0 Å². The van der Waals surface area contributed by atoms with Crippen molar-refractivity contribution in [3.63, 3.8) is 0 Å². The molecule has 0 saturated carbocycles. The average molecular weight is 273 g/mol. The van der Waals surface area contributed by atoms with Crippen LogP contribution in [0.5, 0.6) is 5.75 Å². The van der Waals surface area contributed by atoms with Crippen molar-refractivity contribution < 1.29 is 13.9 Å². The number of halogens is 1. The van der Waals surface area contributed by atoms with Crippen LogP contribution >= 0.6 is 0 Å². The molecule has 0 spiro atoms. The average Bonchev–Trinajstić information content (AvgIpc) is 2.48. The van der Waals surface area contributed by atoms with Crippen LogP contribution in [-0.2, 0) is 6.42 Å². The van der Waals surface area contributed by atoms with Gasteiger partial charge in [0, 0.05) is 12.1 Å². The number of hydrogen-bond donors (Lipinski definition) is 1. The number of rotatable bonds is 5. The van der Waals surface area contributed by atoms with Gasteiger partial charge < -0.3 is 10.1 Å². The molecule has 0 bridgehead atoms. The molecule has 0 unspecified atom stereocenters. The number of carbonyl (C=O) groups excluding carboxylic acids is 1. The molecule has 1 N–H and O–H groups in total. The van der Waals surface area contributed by atoms with Crippen molar-refractivity contribution >= 4 is 5.91 Å². The van der Waals surface area contributed by atoms with Crippen LogP contribution in [0, 0.1) is 5.82 Å². The molecule has 104 valence electrons. The van der Waals surface area contributed by atoms with E-state index in [1.54, 1.807) is 6.07 Å². The van der Waals surface area contributed by atoms with Crippen molar-refractivity contribution in [2.75, 3.05) is 13.7 Å². The molecule has 2 aromatic rings. The van der Waals surface area contributed by atoms with Gasteiger partial charge in [-0.15, -0.1) is 0 Å². The lowest BCUT2D eigenvalue weighted by Gasteiger charge is -2.07. The predicted octanol–water partition coefficient (Wildman–Crippen LogP) is 2.81. The molecule has 2 aromatic carbocycles. The smallest absolute Gasteiger partial charge is 0.251 e. The lowest BCUT2D eigenvalue weighted by atomic mass is 10.1. The van der Waals surface area contributed by atoms with Crippen LogP contribution in [-0.4, -0.2) is 19.6 Å². The summed E-state index contributed by atoms with van der Waals surface area (Å²) < 4.78 is 18.3. The van der Waals surface area contributed by atoms with Crippen LogP contribution in [0.25, 0.3) is 0 Å². The summed E-state index contributed by atoms with van der Waals surface area (Å²) in [6.07, 6.45) is 0.741. The fraction of sp³-hybridized carbons (Fsp3) is 0.188. The van der Waals surface area contributed by atoms with E-state index in [1.165, 1.54) is 19.2 Å². The molecule has 20 heavy (non-hydrogen) atoms. The molecule has 0 atom stereocenters. The monoisotopic (exact) mass is 273 g/mol. The van der Waals surface area contributed by atoms with Gasteiger partial charge in [0.25, 0.3) is 5.91 Å². The van der Waals surface area contributed by atoms with Crippen molar-refractivity contribution in [3.05, 3.63) is 65.5 Å². The van der Waals surface area contributed by atoms with E-state index >= 15 is 0 Å². The van der Waals surface area contributed by atoms with Gasteiger partial charge in [-0.1, -0.05) is 30.3 Å². The third kappa shape index (κ3) is 3.57. The van der Waals surface area contributed by atoms with Crippen molar-refractivity contribution in [1.82, 2.24) is 5.32 Å². The summed E-state index contributed by atoms with van der Waals surface area (Å²) in [5.74, 6) is -0.698. The Morgan fingerprint density at radius 1 is 1.20 bits per heavy atom. The van der Waals surface area contributed by atoms with Crippen LogP contribution in [0.2, 0.25) is 0 Å². The highest BCUT2D eigenvalue weighted by Crippen LogP contribution is 2.17. The van der Waals surface area contributed by atoms with Crippen molar-refractivity contribution in [2.45, 2.75) is 6.42 Å². The van der Waals surface area contributed by atoms with Gasteiger partial charge in [0.15, 0.2) is 11.6 Å². The highest BCUT2D eigenvalue weighted by Gasteiger charge is 2.09. The highest BCUT2D eigenvalue weighted by molar-refractivity contribution is 5.94. The summed E-state index contributed by atoms with van der Waals surface area (Å²) in [5.41, 5.74) is 1.44. The third-order valence-corrected chi connectivity index (χ3v) is 2.96. The summed E-state index contributed by atoms with van der Waals surface area (Å²) in [6.45, 7) is 0.510. The molecular weight excluding hydrogens is 257 g/mol. The topological polar surface area (TPSA) is 38.3 Å². The van der Waals surface area contributed by atoms with E-state index in [0.29, 0.717) is 6.54 Å². The predicted molar refractivity (Wildman–Crippen MR) is 75.4 cm³/mol. The van der Waals surface area contributed by atoms with E-state index in [2.05, 4.69) is 5.32 Å². The summed E-state index contributed by atoms with van der Waals surface area (Å²) in [7, 11) is 1.39. The maximum Gasteiger partial charge on any atom is 0.251 e. The maximum atomic E-state index is 13.5. The maximum absolute atomic E-state index is 13.5. The molecule has 0 aromatic heterocycles. The lowest BCUT2D eigenvalue weighted by molar-refractivity contribution is 0.0953. The summed E-state index contributed by atoms with van der Waals surface area (Å²) in [6, 6.07) is 14.0. The lowest BCUT2D eigenvalue weighted by Crippen LogP contribution is -2.25. The van der Waals surface area contributed by atoms with Crippen molar-refractivity contribution in [2.24, 2.45) is 0 Å². The third-order valence-electron chi connectivity index (χ3n) is 2.96. The van der Waals surface area contributed by atoms with Crippen LogP contribution in [0.4, 0.5) is 4.39 Å². The van der Waals surface area contributed by atoms with E-state index in [9.17, 15) is 9.18 Å². The van der Waals surface area contributed by atoms with Crippen molar-refractivity contribution in [1.29, 1.82) is 0 Å². The first kappa shape index (κ1) is 14.1. The van der Waals surface area contributed by atoms with Gasteiger partial charge in [0.2, 0.25) is 0 Å². The number of nitrogens with one attached hydrogen (secondary N) is 1. The summed E-state index contributed by atoms with van der Waals surface area (Å²) >= 11 is 0. The number of amides is 1. The minimum Gasteiger partial charge on any atom is -0.494 e. The Kier molecular flexibility index (Phi) is 4.71. The van der Waals surface area contributed by atoms with Crippen LogP contribution < -0.4 is 10.1 Å². The largest absolute Gasteiger partial charge is 0.494 e. The fourth-order valence-electron chi connectivity index (χ4n) is 1.87. The summed E-state index contributed by atoms with van der Waals surface area (Å²) in [5, 5.41) is 2.77. The standard InChI is InChI=1S/C16H16FNO2/c1-20-15-8-7-13(11-14(15)17)16(19)18-10-9-12-5-3-2-4-6-12/h2-8,11H,9-10H2,1H3,(H,18,19). The van der Waals surface area contributed by atoms with Gasteiger partial charge in [0.1, 0.15) is 0 Å². The minimum absolute atomic E-state index is 0.130. The molecule has 0 aliphatic rings. The number of benzene rings is 2. The minimum atomic E-state index is -0.539. The Balaban J connectivity index is 1.90. The van der Waals surface area contributed by atoms with Crippen molar-refractivity contribution in [3.8, 4) is 5.75 Å². The molecule has 0 saturated heterocycles. The second-order valence-electron chi connectivity index (χ2n) is 4.34. The van der Waals surface area contributed by atoms with Gasteiger partial charge >= 0.3 is 0 Å². The first-order valence-corrected chi connectivity index (χ1v) is 6.36. The number of methoxy groups -OCH3 is 1. The molecule has 0 aliphatic carbocycles. The fourth-order valence-corrected chi connectivity index (χ4v) is 1.87. The van der Waals surface area contributed by atoms with Gasteiger partial charge in [-0.2, -0.15) is 0 Å². The number of hydrogen-bond acceptors (Lipinski definition) is 2. The molecule has 3 nitrogen and oxygen atoms in total. The Morgan fingerprint density at radius 3 is 2.60 bits per heavy atom. The first-order valence-electron chi connectivity index (χ1n) is 6.36. The molecule has 0 aliphatic heterocycles. The highest BCUT2D eigenvalue weighted by atomic mass is 19.1. The Labute approximate surface area is 117 Å². The van der Waals surface area contributed by atoms with Gasteiger partial charge in [-0.25, -0.2) is 4.39 Å². The Hall–Kier alpha value is -2.36. The number of carbonyl (C=O) groups is 1. The Bertz CT molecular complexity index is 584. The molecule has 0 fully saturated rings. The molecule has 2 rings (SSSR count). The van der Waals surface area contributed by atoms with Crippen LogP contribution in [0.15, 0.2) is 48.5 Å². The van der Waals surface area contributed by atoms with E-state index in [4.69, 9.17) is 4.74 Å². The molecule has 0 heterocycles. The zero-order valence-electron chi connectivity index (χ0n) is 11.2. The van der Waals surface area contributed by atoms with E-state index in [1.807, 2.05) is 30.3 Å². The van der Waals surface area contributed by atoms with Crippen LogP contribution in [0.3, 0.4) is 0 Å². The zero-order valence-corrected chi connectivity index (χ0v) is 11.2. The Morgan fingerprint density at radius 2 is 1.95 bits per heavy atom. The van der Waals surface area contributed by atoms with E-state index < -0.39 is 5.82 Å². The van der Waals surface area contributed by atoms with Gasteiger partial charge in [0.05, 0.1) is 7.11 Å². The molecule has 0 radical (unpaired) electrons. The second kappa shape index (κ2) is 6.70. The van der Waals surface area contributed by atoms with Gasteiger partial charge in [-0.3, -0.25) is 4.79 Å². The number of ether oxygens (including phenoxy) is 1. The molecular formula is C16H16FNO2.